The molecule has 3 rings (SSSR count). The van der Waals surface area contributed by atoms with E-state index in [0.717, 1.165) is 35.4 Å². The molecule has 0 aromatic heterocycles. The number of aliphatic carboxylic acids is 2. The summed E-state index contributed by atoms with van der Waals surface area (Å²) in [7, 11) is 4.81. The Morgan fingerprint density at radius 1 is 0.882 bits per heavy atom. The Morgan fingerprint density at radius 3 is 2.03 bits per heavy atom. The van der Waals surface area contributed by atoms with E-state index in [4.69, 9.17) is 34.0 Å². The number of ether oxygens (including phenoxy) is 3. The second kappa shape index (κ2) is 12.8. The van der Waals surface area contributed by atoms with E-state index < -0.39 is 11.9 Å². The number of hydrogen-bond acceptors (Lipinski definition) is 7. The van der Waals surface area contributed by atoms with Gasteiger partial charge in [-0.3, -0.25) is 9.69 Å². The zero-order valence-electron chi connectivity index (χ0n) is 19.1. The average molecular weight is 539 g/mol. The zero-order valence-corrected chi connectivity index (χ0v) is 20.7. The van der Waals surface area contributed by atoms with Crippen LogP contribution in [0.3, 0.4) is 0 Å². The molecule has 0 bridgehead atoms. The summed E-state index contributed by atoms with van der Waals surface area (Å²) in [5.74, 6) is -1.76. The molecule has 2 N–H and O–H groups in total. The number of methoxy groups -OCH3 is 3. The molecule has 0 aliphatic carbocycles. The Morgan fingerprint density at radius 2 is 1.50 bits per heavy atom. The van der Waals surface area contributed by atoms with Crippen LogP contribution in [0.4, 0.5) is 0 Å². The summed E-state index contributed by atoms with van der Waals surface area (Å²) < 4.78 is 17.2. The van der Waals surface area contributed by atoms with Crippen molar-refractivity contribution in [3.05, 3.63) is 52.0 Å². The van der Waals surface area contributed by atoms with Crippen LogP contribution in [0.15, 0.2) is 40.9 Å². The highest BCUT2D eigenvalue weighted by Gasteiger charge is 2.26. The van der Waals surface area contributed by atoms with Gasteiger partial charge in [0.15, 0.2) is 11.5 Å². The topological polar surface area (TPSA) is 126 Å². The van der Waals surface area contributed by atoms with E-state index in [2.05, 4.69) is 26.9 Å². The quantitative estimate of drug-likeness (QED) is 0.533. The first-order chi connectivity index (χ1) is 16.2. The molecule has 1 heterocycles. The first kappa shape index (κ1) is 26.9. The number of carboxylic acids is 2. The lowest BCUT2D eigenvalue weighted by molar-refractivity contribution is -0.159. The van der Waals surface area contributed by atoms with Gasteiger partial charge in [-0.05, 0) is 30.3 Å². The van der Waals surface area contributed by atoms with Crippen LogP contribution in [0, 0.1) is 0 Å². The van der Waals surface area contributed by atoms with Gasteiger partial charge in [-0.25, -0.2) is 9.59 Å². The molecule has 34 heavy (non-hydrogen) atoms. The molecule has 0 saturated carbocycles. The maximum Gasteiger partial charge on any atom is 0.414 e. The highest BCUT2D eigenvalue weighted by atomic mass is 79.9. The molecule has 1 fully saturated rings. The molecule has 0 unspecified atom stereocenters. The SMILES string of the molecule is COc1ccc(Br)cc1CN1CCN(C(=O)c2cccc(OC)c2OC)CC1.O=C(O)C(=O)O. The molecule has 0 atom stereocenters. The van der Waals surface area contributed by atoms with Crippen LogP contribution in [-0.2, 0) is 16.1 Å². The van der Waals surface area contributed by atoms with Gasteiger partial charge in [-0.1, -0.05) is 22.0 Å². The van der Waals surface area contributed by atoms with Crippen LogP contribution in [0.5, 0.6) is 17.2 Å². The Kier molecular flexibility index (Phi) is 10.1. The van der Waals surface area contributed by atoms with Crippen molar-refractivity contribution in [3.63, 3.8) is 0 Å². The summed E-state index contributed by atoms with van der Waals surface area (Å²) in [4.78, 5) is 35.4. The number of rotatable bonds is 6. The Hall–Kier alpha value is -3.31. The lowest BCUT2D eigenvalue weighted by Gasteiger charge is -2.35. The van der Waals surface area contributed by atoms with Gasteiger partial charge >= 0.3 is 11.9 Å². The average Bonchev–Trinajstić information content (AvgIpc) is 2.84. The van der Waals surface area contributed by atoms with E-state index in [-0.39, 0.29) is 5.91 Å². The van der Waals surface area contributed by atoms with E-state index in [1.54, 1.807) is 33.5 Å². The fourth-order valence-electron chi connectivity index (χ4n) is 3.45. The van der Waals surface area contributed by atoms with E-state index in [1.165, 1.54) is 0 Å². The number of nitrogens with zero attached hydrogens (tertiary/aromatic N) is 2. The maximum atomic E-state index is 13.0. The molecule has 2 aromatic carbocycles. The number of carbonyl (C=O) groups excluding carboxylic acids is 1. The summed E-state index contributed by atoms with van der Waals surface area (Å²) >= 11 is 3.52. The van der Waals surface area contributed by atoms with Crippen LogP contribution in [0.1, 0.15) is 15.9 Å². The Labute approximate surface area is 205 Å². The van der Waals surface area contributed by atoms with Crippen molar-refractivity contribution in [1.29, 1.82) is 0 Å². The maximum absolute atomic E-state index is 13.0. The van der Waals surface area contributed by atoms with Gasteiger partial charge in [0.2, 0.25) is 0 Å². The normalized spacial score (nSPS) is 13.4. The fourth-order valence-corrected chi connectivity index (χ4v) is 3.86. The number of benzene rings is 2. The summed E-state index contributed by atoms with van der Waals surface area (Å²) in [6, 6.07) is 11.4. The molecular formula is C23H27BrN2O8. The van der Waals surface area contributed by atoms with Crippen LogP contribution >= 0.6 is 15.9 Å². The zero-order chi connectivity index (χ0) is 25.3. The van der Waals surface area contributed by atoms with Crippen LogP contribution in [0.25, 0.3) is 0 Å². The van der Waals surface area contributed by atoms with Gasteiger partial charge in [0.1, 0.15) is 5.75 Å². The molecule has 1 saturated heterocycles. The highest BCUT2D eigenvalue weighted by molar-refractivity contribution is 9.10. The lowest BCUT2D eigenvalue weighted by atomic mass is 10.1. The van der Waals surface area contributed by atoms with Crippen molar-refractivity contribution < 1.29 is 38.8 Å². The monoisotopic (exact) mass is 538 g/mol. The number of hydrogen-bond donors (Lipinski definition) is 2. The molecule has 1 aliphatic rings. The van der Waals surface area contributed by atoms with E-state index in [0.29, 0.717) is 30.2 Å². The Balaban J connectivity index is 0.000000604. The molecule has 0 radical (unpaired) electrons. The van der Waals surface area contributed by atoms with Crippen molar-refractivity contribution in [3.8, 4) is 17.2 Å². The number of carbonyl (C=O) groups is 3. The third-order valence-corrected chi connectivity index (χ3v) is 5.61. The molecule has 184 valence electrons. The van der Waals surface area contributed by atoms with Crippen molar-refractivity contribution in [2.45, 2.75) is 6.54 Å². The first-order valence-corrected chi connectivity index (χ1v) is 11.0. The van der Waals surface area contributed by atoms with Crippen molar-refractivity contribution in [1.82, 2.24) is 9.80 Å². The predicted octanol–water partition coefficient (Wildman–Crippen LogP) is 2.59. The molecule has 10 nitrogen and oxygen atoms in total. The van der Waals surface area contributed by atoms with Gasteiger partial charge in [0, 0.05) is 42.8 Å². The Bertz CT molecular complexity index is 1010. The summed E-state index contributed by atoms with van der Waals surface area (Å²) in [6.07, 6.45) is 0. The van der Waals surface area contributed by atoms with Crippen LogP contribution < -0.4 is 14.2 Å². The standard InChI is InChI=1S/C21H25BrN2O4.C2H2O4/c1-26-18-8-7-16(22)13-15(18)14-23-9-11-24(12-10-23)21(25)17-5-4-6-19(27-2)20(17)28-3;3-1(4)2(5)6/h4-8,13H,9-12,14H2,1-3H3;(H,3,4)(H,5,6). The molecule has 0 spiro atoms. The summed E-state index contributed by atoms with van der Waals surface area (Å²) in [5, 5.41) is 14.8. The second-order valence-electron chi connectivity index (χ2n) is 7.18. The van der Waals surface area contributed by atoms with Crippen LogP contribution in [-0.4, -0.2) is 85.4 Å². The van der Waals surface area contributed by atoms with Gasteiger partial charge in [0.05, 0.1) is 26.9 Å². The molecule has 11 heteroatoms. The number of halogens is 1. The third-order valence-electron chi connectivity index (χ3n) is 5.11. The van der Waals surface area contributed by atoms with Crippen molar-refractivity contribution in [2.24, 2.45) is 0 Å². The second-order valence-corrected chi connectivity index (χ2v) is 8.09. The fraction of sp³-hybridized carbons (Fsp3) is 0.348. The highest BCUT2D eigenvalue weighted by Crippen LogP contribution is 2.32. The van der Waals surface area contributed by atoms with Gasteiger partial charge in [-0.2, -0.15) is 0 Å². The predicted molar refractivity (Wildman–Crippen MR) is 127 cm³/mol. The molecule has 1 aliphatic heterocycles. The third kappa shape index (κ3) is 7.09. The van der Waals surface area contributed by atoms with Crippen molar-refractivity contribution in [2.75, 3.05) is 47.5 Å². The number of carboxylic acid groups (broad SMARTS) is 2. The number of para-hydroxylation sites is 1. The minimum absolute atomic E-state index is 0.0320. The molecular weight excluding hydrogens is 512 g/mol. The van der Waals surface area contributed by atoms with E-state index in [9.17, 15) is 4.79 Å². The summed E-state index contributed by atoms with van der Waals surface area (Å²) in [6.45, 7) is 3.71. The summed E-state index contributed by atoms with van der Waals surface area (Å²) in [5.41, 5.74) is 1.66. The van der Waals surface area contributed by atoms with Gasteiger partial charge in [-0.15, -0.1) is 0 Å². The minimum atomic E-state index is -1.82. The van der Waals surface area contributed by atoms with Crippen LogP contribution in [0.2, 0.25) is 0 Å². The van der Waals surface area contributed by atoms with Gasteiger partial charge < -0.3 is 29.3 Å². The first-order valence-electron chi connectivity index (χ1n) is 10.2. The van der Waals surface area contributed by atoms with E-state index in [1.807, 2.05) is 23.1 Å². The van der Waals surface area contributed by atoms with Crippen molar-refractivity contribution >= 4 is 33.8 Å². The van der Waals surface area contributed by atoms with Gasteiger partial charge in [0.25, 0.3) is 5.91 Å². The number of amides is 1. The molecule has 2 aromatic rings. The lowest BCUT2D eigenvalue weighted by Crippen LogP contribution is -2.48. The molecule has 1 amide bonds. The minimum Gasteiger partial charge on any atom is -0.496 e. The largest absolute Gasteiger partial charge is 0.496 e. The van der Waals surface area contributed by atoms with E-state index >= 15 is 0 Å². The smallest absolute Gasteiger partial charge is 0.414 e. The number of piperazine rings is 1.